The van der Waals surface area contributed by atoms with Gasteiger partial charge in [0.15, 0.2) is 6.35 Å². The molecule has 0 atom stereocenters. The molecule has 16 heavy (non-hydrogen) atoms. The first-order valence-corrected chi connectivity index (χ1v) is 7.11. The monoisotopic (exact) mass is 270 g/mol. The van der Waals surface area contributed by atoms with Gasteiger partial charge in [-0.2, -0.15) is 8.42 Å². The molecule has 0 fully saturated rings. The Morgan fingerprint density at radius 3 is 2.19 bits per heavy atom. The average molecular weight is 270 g/mol. The topological polar surface area (TPSA) is 101 Å². The molecule has 90 valence electrons. The zero-order chi connectivity index (χ0) is 12.4. The lowest BCUT2D eigenvalue weighted by Gasteiger charge is -2.06. The summed E-state index contributed by atoms with van der Waals surface area (Å²) < 4.78 is 49.6. The first kappa shape index (κ1) is 13.3. The van der Waals surface area contributed by atoms with Crippen molar-refractivity contribution < 1.29 is 31.3 Å². The Morgan fingerprint density at radius 2 is 1.75 bits per heavy atom. The van der Waals surface area contributed by atoms with Gasteiger partial charge in [-0.15, -0.1) is 0 Å². The van der Waals surface area contributed by atoms with Gasteiger partial charge in [-0.25, -0.2) is 4.39 Å². The van der Waals surface area contributed by atoms with Crippen molar-refractivity contribution in [1.29, 1.82) is 0 Å². The highest BCUT2D eigenvalue weighted by Crippen LogP contribution is 2.35. The van der Waals surface area contributed by atoms with E-state index >= 15 is 0 Å². The van der Waals surface area contributed by atoms with Crippen molar-refractivity contribution >= 4 is 17.7 Å². The summed E-state index contributed by atoms with van der Waals surface area (Å²) in [6.45, 7) is 0. The van der Waals surface area contributed by atoms with Gasteiger partial charge in [0, 0.05) is 0 Å². The van der Waals surface area contributed by atoms with Crippen molar-refractivity contribution in [3.05, 3.63) is 30.1 Å². The van der Waals surface area contributed by atoms with Gasteiger partial charge < -0.3 is 9.79 Å². The molecule has 0 aromatic heterocycles. The Morgan fingerprint density at radius 1 is 1.25 bits per heavy atom. The molecular weight excluding hydrogens is 262 g/mol. The van der Waals surface area contributed by atoms with E-state index in [0.29, 0.717) is 0 Å². The summed E-state index contributed by atoms with van der Waals surface area (Å²) >= 11 is 0. The fraction of sp³-hybridized carbons (Fsp3) is 0.143. The summed E-state index contributed by atoms with van der Waals surface area (Å²) in [4.78, 5) is 16.5. The van der Waals surface area contributed by atoms with Gasteiger partial charge in [-0.1, -0.05) is 0 Å². The molecule has 0 heterocycles. The minimum atomic E-state index is -4.57. The number of benzene rings is 1. The van der Waals surface area contributed by atoms with Crippen LogP contribution in [0.25, 0.3) is 0 Å². The van der Waals surface area contributed by atoms with Crippen LogP contribution in [0.5, 0.6) is 0 Å². The van der Waals surface area contributed by atoms with Gasteiger partial charge in [0.05, 0.1) is 4.90 Å². The van der Waals surface area contributed by atoms with Crippen LogP contribution in [0.2, 0.25) is 0 Å². The third kappa shape index (κ3) is 3.99. The third-order valence-electron chi connectivity index (χ3n) is 1.48. The molecular formula is C7H8FO6PS. The smallest absolute Gasteiger partial charge is 0.323 e. The second-order valence-corrected chi connectivity index (χ2v) is 6.02. The van der Waals surface area contributed by atoms with E-state index in [1.807, 2.05) is 0 Å². The zero-order valence-corrected chi connectivity index (χ0v) is 9.49. The van der Waals surface area contributed by atoms with Crippen LogP contribution >= 0.6 is 7.60 Å². The first-order valence-electron chi connectivity index (χ1n) is 3.90. The van der Waals surface area contributed by atoms with Crippen LogP contribution in [-0.2, 0) is 18.9 Å². The molecule has 0 aliphatic rings. The highest BCUT2D eigenvalue weighted by atomic mass is 32.2. The molecule has 0 bridgehead atoms. The average Bonchev–Trinajstić information content (AvgIpc) is 2.15. The Hall–Kier alpha value is -0.790. The normalized spacial score (nSPS) is 12.7. The van der Waals surface area contributed by atoms with Crippen LogP contribution in [0.3, 0.4) is 0 Å². The molecule has 1 aromatic rings. The van der Waals surface area contributed by atoms with E-state index in [1.54, 1.807) is 0 Å². The second-order valence-electron chi connectivity index (χ2n) is 2.82. The molecule has 0 spiro atoms. The maximum absolute atomic E-state index is 12.5. The standard InChI is InChI=1S/C7H8FO6PS/c8-6-1-3-7(4-2-6)16(12,13)14-5-15(9,10)11/h1-4H,5H2,(H2,9,10,11). The molecule has 0 amide bonds. The molecule has 0 radical (unpaired) electrons. The van der Waals surface area contributed by atoms with Crippen molar-refractivity contribution in [3.8, 4) is 0 Å². The van der Waals surface area contributed by atoms with Crippen LogP contribution in [0, 0.1) is 5.82 Å². The lowest BCUT2D eigenvalue weighted by molar-refractivity contribution is 0.301. The number of hydrogen-bond acceptors (Lipinski definition) is 4. The zero-order valence-electron chi connectivity index (χ0n) is 7.78. The molecule has 0 aliphatic heterocycles. The summed E-state index contributed by atoms with van der Waals surface area (Å²) in [6.07, 6.45) is -1.24. The van der Waals surface area contributed by atoms with Crippen LogP contribution in [0.15, 0.2) is 29.2 Å². The van der Waals surface area contributed by atoms with Crippen molar-refractivity contribution in [1.82, 2.24) is 0 Å². The maximum atomic E-state index is 12.5. The van der Waals surface area contributed by atoms with Crippen LogP contribution in [0.1, 0.15) is 0 Å². The fourth-order valence-electron chi connectivity index (χ4n) is 0.807. The van der Waals surface area contributed by atoms with Gasteiger partial charge in [0.1, 0.15) is 5.82 Å². The highest BCUT2D eigenvalue weighted by Gasteiger charge is 2.21. The Balaban J connectivity index is 2.87. The van der Waals surface area contributed by atoms with Crippen LogP contribution in [-0.4, -0.2) is 24.6 Å². The molecule has 1 aromatic carbocycles. The lowest BCUT2D eigenvalue weighted by Crippen LogP contribution is -2.07. The minimum Gasteiger partial charge on any atom is -0.323 e. The van der Waals surface area contributed by atoms with Crippen molar-refractivity contribution in [2.24, 2.45) is 0 Å². The first-order chi connectivity index (χ1) is 7.21. The second kappa shape index (κ2) is 4.60. The summed E-state index contributed by atoms with van der Waals surface area (Å²) in [5, 5.41) is 0. The van der Waals surface area contributed by atoms with E-state index in [-0.39, 0.29) is 4.90 Å². The van der Waals surface area contributed by atoms with Crippen molar-refractivity contribution in [2.45, 2.75) is 4.90 Å². The fourth-order valence-corrected chi connectivity index (χ4v) is 2.52. The van der Waals surface area contributed by atoms with Crippen molar-refractivity contribution in [2.75, 3.05) is 6.35 Å². The molecule has 0 aliphatic carbocycles. The molecule has 9 heteroatoms. The molecule has 2 N–H and O–H groups in total. The molecule has 0 unspecified atom stereocenters. The van der Waals surface area contributed by atoms with Crippen LogP contribution < -0.4 is 0 Å². The third-order valence-corrected chi connectivity index (χ3v) is 3.40. The predicted octanol–water partition coefficient (Wildman–Crippen LogP) is 0.666. The molecule has 0 saturated carbocycles. The van der Waals surface area contributed by atoms with E-state index in [4.69, 9.17) is 9.79 Å². The number of halogens is 1. The van der Waals surface area contributed by atoms with Crippen molar-refractivity contribution in [3.63, 3.8) is 0 Å². The molecule has 0 saturated heterocycles. The SMILES string of the molecule is O=P(O)(O)COS(=O)(=O)c1ccc(F)cc1. The summed E-state index contributed by atoms with van der Waals surface area (Å²) in [5.74, 6) is -0.631. The summed E-state index contributed by atoms with van der Waals surface area (Å²) in [5.41, 5.74) is 0. The molecule has 1 rings (SSSR count). The highest BCUT2D eigenvalue weighted by molar-refractivity contribution is 7.87. The summed E-state index contributed by atoms with van der Waals surface area (Å²) in [6, 6.07) is 3.66. The quantitative estimate of drug-likeness (QED) is 0.616. The van der Waals surface area contributed by atoms with Crippen LogP contribution in [0.4, 0.5) is 4.39 Å². The number of rotatable bonds is 4. The Kier molecular flexibility index (Phi) is 3.82. The number of hydrogen-bond donors (Lipinski definition) is 2. The minimum absolute atomic E-state index is 0.373. The largest absolute Gasteiger partial charge is 0.352 e. The maximum Gasteiger partial charge on any atom is 0.352 e. The van der Waals surface area contributed by atoms with E-state index < -0.39 is 29.9 Å². The van der Waals surface area contributed by atoms with E-state index in [0.717, 1.165) is 24.3 Å². The Bertz CT molecular complexity index is 504. The van der Waals surface area contributed by atoms with Gasteiger partial charge in [0.2, 0.25) is 0 Å². The lowest BCUT2D eigenvalue weighted by atomic mass is 10.4. The Labute approximate surface area is 91.0 Å². The van der Waals surface area contributed by atoms with Gasteiger partial charge in [-0.3, -0.25) is 8.75 Å². The summed E-state index contributed by atoms with van der Waals surface area (Å²) in [7, 11) is -8.84. The van der Waals surface area contributed by atoms with E-state index in [1.165, 1.54) is 0 Å². The van der Waals surface area contributed by atoms with E-state index in [2.05, 4.69) is 4.18 Å². The predicted molar refractivity (Wildman–Crippen MR) is 51.6 cm³/mol. The van der Waals surface area contributed by atoms with Gasteiger partial charge >= 0.3 is 7.60 Å². The van der Waals surface area contributed by atoms with E-state index in [9.17, 15) is 17.4 Å². The van der Waals surface area contributed by atoms with Gasteiger partial charge in [-0.05, 0) is 24.3 Å². The van der Waals surface area contributed by atoms with Gasteiger partial charge in [0.25, 0.3) is 10.1 Å². The molecule has 6 nitrogen and oxygen atoms in total.